The van der Waals surface area contributed by atoms with Crippen LogP contribution in [-0.4, -0.2) is 26.1 Å². The highest BCUT2D eigenvalue weighted by molar-refractivity contribution is 5.70. The highest BCUT2D eigenvalue weighted by atomic mass is 16.3. The van der Waals surface area contributed by atoms with Gasteiger partial charge in [-0.05, 0) is 12.1 Å². The van der Waals surface area contributed by atoms with Crippen molar-refractivity contribution >= 4 is 11.2 Å². The van der Waals surface area contributed by atoms with E-state index in [1.807, 2.05) is 22.9 Å². The molecule has 3 aromatic rings. The fraction of sp³-hybridized carbons (Fsp3) is 0.182. The first kappa shape index (κ1) is 9.98. The Kier molecular flexibility index (Phi) is 2.34. The Morgan fingerprint density at radius 3 is 3.12 bits per heavy atom. The standard InChI is InChI=1S/C11H11N5O/c12-3-5-16-6-8(14-7-16)11-15-10-9(17-11)2-1-4-13-10/h1-2,4,6-7H,3,5,12H2. The Morgan fingerprint density at radius 2 is 2.29 bits per heavy atom. The molecule has 3 aromatic heterocycles. The molecule has 6 nitrogen and oxygen atoms in total. The van der Waals surface area contributed by atoms with E-state index in [9.17, 15) is 0 Å². The van der Waals surface area contributed by atoms with Crippen molar-refractivity contribution in [2.45, 2.75) is 6.54 Å². The van der Waals surface area contributed by atoms with Crippen molar-refractivity contribution in [2.75, 3.05) is 6.54 Å². The van der Waals surface area contributed by atoms with E-state index in [0.29, 0.717) is 29.4 Å². The fourth-order valence-corrected chi connectivity index (χ4v) is 1.62. The molecule has 0 radical (unpaired) electrons. The summed E-state index contributed by atoms with van der Waals surface area (Å²) in [4.78, 5) is 12.6. The number of hydrogen-bond donors (Lipinski definition) is 1. The van der Waals surface area contributed by atoms with Crippen LogP contribution in [0, 0.1) is 0 Å². The van der Waals surface area contributed by atoms with Crippen LogP contribution in [-0.2, 0) is 6.54 Å². The number of fused-ring (bicyclic) bond motifs is 1. The van der Waals surface area contributed by atoms with Crippen LogP contribution in [0.3, 0.4) is 0 Å². The van der Waals surface area contributed by atoms with E-state index < -0.39 is 0 Å². The van der Waals surface area contributed by atoms with Gasteiger partial charge in [-0.3, -0.25) is 0 Å². The summed E-state index contributed by atoms with van der Waals surface area (Å²) in [5.74, 6) is 0.481. The lowest BCUT2D eigenvalue weighted by Gasteiger charge is -1.94. The van der Waals surface area contributed by atoms with Crippen LogP contribution in [0.5, 0.6) is 0 Å². The lowest BCUT2D eigenvalue weighted by atomic mass is 10.5. The molecule has 0 saturated carbocycles. The maximum absolute atomic E-state index is 5.56. The minimum absolute atomic E-state index is 0.481. The monoisotopic (exact) mass is 229 g/mol. The van der Waals surface area contributed by atoms with Gasteiger partial charge >= 0.3 is 0 Å². The second-order valence-electron chi connectivity index (χ2n) is 3.63. The average Bonchev–Trinajstić information content (AvgIpc) is 2.94. The van der Waals surface area contributed by atoms with Gasteiger partial charge in [0.1, 0.15) is 5.69 Å². The minimum atomic E-state index is 0.481. The second kappa shape index (κ2) is 3.99. The summed E-state index contributed by atoms with van der Waals surface area (Å²) in [7, 11) is 0. The van der Waals surface area contributed by atoms with Crippen molar-refractivity contribution in [1.82, 2.24) is 19.5 Å². The third-order valence-electron chi connectivity index (χ3n) is 2.40. The molecule has 0 unspecified atom stereocenters. The molecule has 0 saturated heterocycles. The highest BCUT2D eigenvalue weighted by Crippen LogP contribution is 2.20. The third kappa shape index (κ3) is 1.78. The van der Waals surface area contributed by atoms with E-state index in [-0.39, 0.29) is 0 Å². The molecule has 0 aliphatic carbocycles. The van der Waals surface area contributed by atoms with Gasteiger partial charge in [-0.1, -0.05) is 0 Å². The number of rotatable bonds is 3. The van der Waals surface area contributed by atoms with Crippen LogP contribution >= 0.6 is 0 Å². The van der Waals surface area contributed by atoms with Crippen LogP contribution in [0.4, 0.5) is 0 Å². The molecule has 3 rings (SSSR count). The van der Waals surface area contributed by atoms with E-state index in [2.05, 4.69) is 15.0 Å². The van der Waals surface area contributed by atoms with Gasteiger partial charge in [0.25, 0.3) is 0 Å². The van der Waals surface area contributed by atoms with E-state index in [1.54, 1.807) is 12.5 Å². The number of aromatic nitrogens is 4. The molecule has 0 amide bonds. The lowest BCUT2D eigenvalue weighted by Crippen LogP contribution is -2.07. The molecule has 0 fully saturated rings. The van der Waals surface area contributed by atoms with Crippen molar-refractivity contribution in [2.24, 2.45) is 5.73 Å². The Labute approximate surface area is 97.1 Å². The highest BCUT2D eigenvalue weighted by Gasteiger charge is 2.10. The Hall–Kier alpha value is -2.21. The van der Waals surface area contributed by atoms with Crippen LogP contribution in [0.2, 0.25) is 0 Å². The zero-order chi connectivity index (χ0) is 11.7. The quantitative estimate of drug-likeness (QED) is 0.725. The second-order valence-corrected chi connectivity index (χ2v) is 3.63. The van der Waals surface area contributed by atoms with E-state index in [1.165, 1.54) is 0 Å². The van der Waals surface area contributed by atoms with Crippen molar-refractivity contribution in [3.63, 3.8) is 0 Å². The molecule has 0 atom stereocenters. The maximum Gasteiger partial charge on any atom is 0.249 e. The molecular formula is C11H11N5O. The smallest absolute Gasteiger partial charge is 0.249 e. The largest absolute Gasteiger partial charge is 0.433 e. The van der Waals surface area contributed by atoms with Gasteiger partial charge in [-0.15, -0.1) is 0 Å². The summed E-state index contributed by atoms with van der Waals surface area (Å²) < 4.78 is 7.47. The summed E-state index contributed by atoms with van der Waals surface area (Å²) in [5, 5.41) is 0. The number of hydrogen-bond acceptors (Lipinski definition) is 5. The topological polar surface area (TPSA) is 82.8 Å². The minimum Gasteiger partial charge on any atom is -0.433 e. The first-order valence-electron chi connectivity index (χ1n) is 5.30. The number of pyridine rings is 1. The lowest BCUT2D eigenvalue weighted by molar-refractivity contribution is 0.616. The molecule has 6 heteroatoms. The van der Waals surface area contributed by atoms with Crippen molar-refractivity contribution in [1.29, 1.82) is 0 Å². The molecule has 3 heterocycles. The zero-order valence-electron chi connectivity index (χ0n) is 9.08. The summed E-state index contributed by atoms with van der Waals surface area (Å²) in [6.07, 6.45) is 5.25. The van der Waals surface area contributed by atoms with E-state index in [0.717, 1.165) is 6.54 Å². The summed E-state index contributed by atoms with van der Waals surface area (Å²) >= 11 is 0. The fourth-order valence-electron chi connectivity index (χ4n) is 1.62. The molecule has 86 valence electrons. The van der Waals surface area contributed by atoms with Gasteiger partial charge < -0.3 is 14.7 Å². The van der Waals surface area contributed by atoms with Crippen LogP contribution in [0.15, 0.2) is 35.3 Å². The van der Waals surface area contributed by atoms with Gasteiger partial charge in [0.15, 0.2) is 11.2 Å². The van der Waals surface area contributed by atoms with Crippen LogP contribution in [0.25, 0.3) is 22.8 Å². The first-order valence-corrected chi connectivity index (χ1v) is 5.30. The van der Waals surface area contributed by atoms with Gasteiger partial charge in [0, 0.05) is 25.5 Å². The summed E-state index contributed by atoms with van der Waals surface area (Å²) in [5.41, 5.74) is 7.42. The van der Waals surface area contributed by atoms with Gasteiger partial charge in [-0.25, -0.2) is 9.97 Å². The Bertz CT molecular complexity index is 609. The Balaban J connectivity index is 2.01. The average molecular weight is 229 g/mol. The van der Waals surface area contributed by atoms with Crippen molar-refractivity contribution in [3.05, 3.63) is 30.9 Å². The van der Waals surface area contributed by atoms with Crippen LogP contribution in [0.1, 0.15) is 0 Å². The summed E-state index contributed by atoms with van der Waals surface area (Å²) in [6, 6.07) is 3.64. The predicted molar refractivity (Wildman–Crippen MR) is 62.1 cm³/mol. The molecule has 0 aliphatic rings. The predicted octanol–water partition coefficient (Wildman–Crippen LogP) is 1.04. The summed E-state index contributed by atoms with van der Waals surface area (Å²) in [6.45, 7) is 1.30. The van der Waals surface area contributed by atoms with Gasteiger partial charge in [0.2, 0.25) is 5.89 Å². The first-order chi connectivity index (χ1) is 8.36. The molecule has 2 N–H and O–H groups in total. The maximum atomic E-state index is 5.56. The Morgan fingerprint density at radius 1 is 1.35 bits per heavy atom. The van der Waals surface area contributed by atoms with E-state index >= 15 is 0 Å². The van der Waals surface area contributed by atoms with Gasteiger partial charge in [-0.2, -0.15) is 4.98 Å². The van der Waals surface area contributed by atoms with Crippen molar-refractivity contribution in [3.8, 4) is 11.6 Å². The third-order valence-corrected chi connectivity index (χ3v) is 2.40. The van der Waals surface area contributed by atoms with Gasteiger partial charge in [0.05, 0.1) is 6.33 Å². The number of nitrogens with two attached hydrogens (primary N) is 1. The van der Waals surface area contributed by atoms with E-state index in [4.69, 9.17) is 10.2 Å². The van der Waals surface area contributed by atoms with Crippen molar-refractivity contribution < 1.29 is 4.42 Å². The molecule has 0 aliphatic heterocycles. The molecular weight excluding hydrogens is 218 g/mol. The number of oxazole rings is 1. The SMILES string of the molecule is NCCn1cnc(-c2nc3ncccc3o2)c1. The number of imidazole rings is 1. The van der Waals surface area contributed by atoms with Crippen LogP contribution < -0.4 is 5.73 Å². The molecule has 17 heavy (non-hydrogen) atoms. The normalized spacial score (nSPS) is 11.1. The zero-order valence-corrected chi connectivity index (χ0v) is 9.08. The molecule has 0 bridgehead atoms. The molecule has 0 spiro atoms. The number of nitrogens with zero attached hydrogens (tertiary/aromatic N) is 4. The molecule has 0 aromatic carbocycles.